The Balaban J connectivity index is 1.90. The van der Waals surface area contributed by atoms with Crippen molar-refractivity contribution < 1.29 is 9.53 Å². The van der Waals surface area contributed by atoms with Crippen LogP contribution in [0, 0.1) is 0 Å². The van der Waals surface area contributed by atoms with Crippen LogP contribution in [0.4, 0.5) is 0 Å². The second-order valence-corrected chi connectivity index (χ2v) is 4.89. The zero-order chi connectivity index (χ0) is 11.7. The van der Waals surface area contributed by atoms with Gasteiger partial charge in [-0.2, -0.15) is 0 Å². The number of cyclic esters (lactones) is 1. The molecule has 0 aromatic heterocycles. The van der Waals surface area contributed by atoms with Crippen molar-refractivity contribution in [1.29, 1.82) is 0 Å². The summed E-state index contributed by atoms with van der Waals surface area (Å²) in [6, 6.07) is 17.5. The van der Waals surface area contributed by atoms with Crippen LogP contribution in [-0.4, -0.2) is 5.97 Å². The third kappa shape index (κ3) is 1.94. The molecule has 0 aliphatic carbocycles. The van der Waals surface area contributed by atoms with Crippen LogP contribution in [0.15, 0.2) is 59.5 Å². The zero-order valence-electron chi connectivity index (χ0n) is 9.00. The minimum absolute atomic E-state index is 0.221. The molecule has 0 fully saturated rings. The van der Waals surface area contributed by atoms with Crippen molar-refractivity contribution >= 4 is 17.7 Å². The number of hydrogen-bond acceptors (Lipinski definition) is 3. The molecule has 1 aliphatic rings. The van der Waals surface area contributed by atoms with Gasteiger partial charge in [-0.3, -0.25) is 0 Å². The first kappa shape index (κ1) is 10.4. The number of ether oxygens (including phenoxy) is 1. The number of carbonyl (C=O) groups excluding carboxylic acids is 1. The normalized spacial score (nSPS) is 17.6. The number of esters is 1. The molecule has 3 rings (SSSR count). The van der Waals surface area contributed by atoms with Crippen LogP contribution in [0.2, 0.25) is 0 Å². The standard InChI is InChI=1S/C14H10O2S/c15-13-11-8-4-5-9-12(11)14(16-13)17-10-6-2-1-3-7-10/h1-9,14H/t14-/m1/s1. The van der Waals surface area contributed by atoms with E-state index in [9.17, 15) is 4.79 Å². The molecule has 2 nitrogen and oxygen atoms in total. The van der Waals surface area contributed by atoms with Crippen molar-refractivity contribution in [1.82, 2.24) is 0 Å². The van der Waals surface area contributed by atoms with E-state index in [0.717, 1.165) is 10.5 Å². The largest absolute Gasteiger partial charge is 0.442 e. The SMILES string of the molecule is O=C1O[C@H](Sc2ccccc2)c2ccccc21. The Morgan fingerprint density at radius 2 is 1.65 bits per heavy atom. The maximum Gasteiger partial charge on any atom is 0.340 e. The van der Waals surface area contributed by atoms with Crippen LogP contribution in [0.1, 0.15) is 21.4 Å². The van der Waals surface area contributed by atoms with Crippen LogP contribution >= 0.6 is 11.8 Å². The predicted octanol–water partition coefficient (Wildman–Crippen LogP) is 3.65. The monoisotopic (exact) mass is 242 g/mol. The first-order chi connectivity index (χ1) is 8.34. The molecule has 2 aromatic carbocycles. The molecule has 84 valence electrons. The van der Waals surface area contributed by atoms with Gasteiger partial charge in [0.1, 0.15) is 0 Å². The Bertz CT molecular complexity index is 551. The maximum absolute atomic E-state index is 11.6. The lowest BCUT2D eigenvalue weighted by Crippen LogP contribution is -1.94. The highest BCUT2D eigenvalue weighted by Gasteiger charge is 2.30. The predicted molar refractivity (Wildman–Crippen MR) is 66.9 cm³/mol. The molecule has 0 saturated heterocycles. The van der Waals surface area contributed by atoms with E-state index in [1.165, 1.54) is 0 Å². The highest BCUT2D eigenvalue weighted by Crippen LogP contribution is 2.42. The van der Waals surface area contributed by atoms with E-state index in [2.05, 4.69) is 0 Å². The van der Waals surface area contributed by atoms with E-state index in [1.54, 1.807) is 11.8 Å². The van der Waals surface area contributed by atoms with Crippen molar-refractivity contribution in [2.75, 3.05) is 0 Å². The highest BCUT2D eigenvalue weighted by molar-refractivity contribution is 7.99. The van der Waals surface area contributed by atoms with E-state index >= 15 is 0 Å². The lowest BCUT2D eigenvalue weighted by molar-refractivity contribution is 0.0522. The smallest absolute Gasteiger partial charge is 0.340 e. The van der Waals surface area contributed by atoms with Gasteiger partial charge in [-0.25, -0.2) is 4.79 Å². The van der Waals surface area contributed by atoms with Gasteiger partial charge < -0.3 is 4.74 Å². The summed E-state index contributed by atoms with van der Waals surface area (Å²) in [5.74, 6) is -0.228. The summed E-state index contributed by atoms with van der Waals surface area (Å²) in [5, 5.41) is 0. The van der Waals surface area contributed by atoms with Gasteiger partial charge in [0.2, 0.25) is 0 Å². The van der Waals surface area contributed by atoms with E-state index in [1.807, 2.05) is 54.6 Å². The summed E-state index contributed by atoms with van der Waals surface area (Å²) in [5.41, 5.74) is 1.42. The summed E-state index contributed by atoms with van der Waals surface area (Å²) < 4.78 is 5.36. The minimum Gasteiger partial charge on any atom is -0.442 e. The van der Waals surface area contributed by atoms with Crippen LogP contribution in [0.25, 0.3) is 0 Å². The van der Waals surface area contributed by atoms with Gasteiger partial charge in [-0.05, 0) is 18.2 Å². The fraction of sp³-hybridized carbons (Fsp3) is 0.0714. The maximum atomic E-state index is 11.6. The molecule has 1 atom stereocenters. The summed E-state index contributed by atoms with van der Waals surface area (Å²) >= 11 is 1.55. The number of carbonyl (C=O) groups is 1. The van der Waals surface area contributed by atoms with Crippen LogP contribution < -0.4 is 0 Å². The number of thioether (sulfide) groups is 1. The molecule has 0 unspecified atom stereocenters. The first-order valence-corrected chi connectivity index (χ1v) is 6.24. The van der Waals surface area contributed by atoms with E-state index in [0.29, 0.717) is 5.56 Å². The summed E-state index contributed by atoms with van der Waals surface area (Å²) in [4.78, 5) is 12.7. The van der Waals surface area contributed by atoms with Gasteiger partial charge in [-0.15, -0.1) is 0 Å². The van der Waals surface area contributed by atoms with E-state index < -0.39 is 0 Å². The van der Waals surface area contributed by atoms with Crippen molar-refractivity contribution in [3.05, 3.63) is 65.7 Å². The summed E-state index contributed by atoms with van der Waals surface area (Å²) in [6.45, 7) is 0. The second kappa shape index (κ2) is 4.26. The molecule has 0 amide bonds. The molecule has 1 heterocycles. The Hall–Kier alpha value is -1.74. The fourth-order valence-electron chi connectivity index (χ4n) is 1.82. The number of rotatable bonds is 2. The Kier molecular flexibility index (Phi) is 2.61. The number of fused-ring (bicyclic) bond motifs is 1. The van der Waals surface area contributed by atoms with E-state index in [4.69, 9.17) is 4.74 Å². The van der Waals surface area contributed by atoms with Gasteiger partial charge in [-0.1, -0.05) is 48.2 Å². The molecular weight excluding hydrogens is 232 g/mol. The minimum atomic E-state index is -0.228. The summed E-state index contributed by atoms with van der Waals surface area (Å²) in [6.07, 6.45) is 0. The quantitative estimate of drug-likeness (QED) is 0.752. The molecule has 17 heavy (non-hydrogen) atoms. The van der Waals surface area contributed by atoms with Crippen LogP contribution in [-0.2, 0) is 4.74 Å². The van der Waals surface area contributed by atoms with Crippen molar-refractivity contribution in [3.63, 3.8) is 0 Å². The third-order valence-electron chi connectivity index (χ3n) is 2.64. The Morgan fingerprint density at radius 1 is 0.941 bits per heavy atom. The first-order valence-electron chi connectivity index (χ1n) is 5.36. The van der Waals surface area contributed by atoms with Crippen LogP contribution in [0.5, 0.6) is 0 Å². The highest BCUT2D eigenvalue weighted by atomic mass is 32.2. The van der Waals surface area contributed by atoms with Gasteiger partial charge in [0, 0.05) is 10.5 Å². The second-order valence-electron chi connectivity index (χ2n) is 3.76. The van der Waals surface area contributed by atoms with Gasteiger partial charge in [0.15, 0.2) is 5.44 Å². The molecular formula is C14H10O2S. The molecule has 2 aromatic rings. The average molecular weight is 242 g/mol. The fourth-order valence-corrected chi connectivity index (χ4v) is 2.85. The topological polar surface area (TPSA) is 26.3 Å². The Labute approximate surface area is 104 Å². The molecule has 0 radical (unpaired) electrons. The molecule has 0 N–H and O–H groups in total. The van der Waals surface area contributed by atoms with Gasteiger partial charge in [0.05, 0.1) is 5.56 Å². The zero-order valence-corrected chi connectivity index (χ0v) is 9.81. The van der Waals surface area contributed by atoms with Crippen molar-refractivity contribution in [3.8, 4) is 0 Å². The van der Waals surface area contributed by atoms with Gasteiger partial charge >= 0.3 is 5.97 Å². The molecule has 0 bridgehead atoms. The number of benzene rings is 2. The average Bonchev–Trinajstić information content (AvgIpc) is 2.69. The molecule has 0 saturated carbocycles. The van der Waals surface area contributed by atoms with Crippen molar-refractivity contribution in [2.24, 2.45) is 0 Å². The number of hydrogen-bond donors (Lipinski definition) is 0. The third-order valence-corrected chi connectivity index (χ3v) is 3.74. The Morgan fingerprint density at radius 3 is 2.47 bits per heavy atom. The van der Waals surface area contributed by atoms with E-state index in [-0.39, 0.29) is 11.4 Å². The lowest BCUT2D eigenvalue weighted by Gasteiger charge is -2.09. The lowest BCUT2D eigenvalue weighted by atomic mass is 10.1. The molecule has 1 aliphatic heterocycles. The summed E-state index contributed by atoms with van der Waals surface area (Å²) in [7, 11) is 0. The molecule has 3 heteroatoms. The van der Waals surface area contributed by atoms with Crippen LogP contribution in [0.3, 0.4) is 0 Å². The molecule has 0 spiro atoms. The van der Waals surface area contributed by atoms with Crippen molar-refractivity contribution in [2.45, 2.75) is 10.3 Å². The van der Waals surface area contributed by atoms with Gasteiger partial charge in [0.25, 0.3) is 0 Å².